The Morgan fingerprint density at radius 2 is 1.75 bits per heavy atom. The van der Waals surface area contributed by atoms with Crippen LogP contribution in [0.3, 0.4) is 0 Å². The number of rotatable bonds is 2. The molecule has 2 fully saturated rings. The lowest BCUT2D eigenvalue weighted by Crippen LogP contribution is -2.55. The highest BCUT2D eigenvalue weighted by atomic mass is 16.5. The lowest BCUT2D eigenvalue weighted by atomic mass is 9.76. The normalized spacial score (nSPS) is 28.2. The molecule has 2 rings (SSSR count). The van der Waals surface area contributed by atoms with E-state index in [0.29, 0.717) is 5.41 Å². The summed E-state index contributed by atoms with van der Waals surface area (Å²) in [6, 6.07) is 0. The monoisotopic (exact) mass is 225 g/mol. The van der Waals surface area contributed by atoms with Gasteiger partial charge in [-0.25, -0.2) is 0 Å². The van der Waals surface area contributed by atoms with E-state index in [4.69, 9.17) is 10.5 Å². The fourth-order valence-corrected chi connectivity index (χ4v) is 2.52. The summed E-state index contributed by atoms with van der Waals surface area (Å²) < 4.78 is 5.53. The lowest BCUT2D eigenvalue weighted by molar-refractivity contribution is -0.161. The second kappa shape index (κ2) is 4.02. The topological polar surface area (TPSA) is 52.3 Å². The van der Waals surface area contributed by atoms with Crippen LogP contribution in [-0.4, -0.2) is 17.6 Å². The van der Waals surface area contributed by atoms with E-state index in [-0.39, 0.29) is 12.1 Å². The van der Waals surface area contributed by atoms with Gasteiger partial charge in [0.15, 0.2) is 0 Å². The Morgan fingerprint density at radius 1 is 1.19 bits per heavy atom. The van der Waals surface area contributed by atoms with Crippen LogP contribution in [0.4, 0.5) is 0 Å². The summed E-state index contributed by atoms with van der Waals surface area (Å²) in [6.07, 6.45) is 7.04. The Morgan fingerprint density at radius 3 is 2.19 bits per heavy atom. The fourth-order valence-electron chi connectivity index (χ4n) is 2.52. The van der Waals surface area contributed by atoms with E-state index < -0.39 is 5.54 Å². The van der Waals surface area contributed by atoms with Crippen LogP contribution in [0.2, 0.25) is 0 Å². The molecular formula is C13H23NO2. The molecule has 0 aromatic rings. The first-order chi connectivity index (χ1) is 7.41. The zero-order valence-corrected chi connectivity index (χ0v) is 10.4. The quantitative estimate of drug-likeness (QED) is 0.734. The standard InChI is InChI=1S/C13H23NO2/c1-12(2)8-4-10(5-9-12)16-11(15)13(14)6-3-7-13/h10H,3-9,14H2,1-2H3. The van der Waals surface area contributed by atoms with Crippen LogP contribution in [0.15, 0.2) is 0 Å². The summed E-state index contributed by atoms with van der Waals surface area (Å²) >= 11 is 0. The third-order valence-corrected chi connectivity index (χ3v) is 4.21. The predicted molar refractivity (Wildman–Crippen MR) is 62.9 cm³/mol. The van der Waals surface area contributed by atoms with Crippen molar-refractivity contribution >= 4 is 5.97 Å². The van der Waals surface area contributed by atoms with E-state index in [0.717, 1.165) is 44.9 Å². The summed E-state index contributed by atoms with van der Waals surface area (Å²) in [4.78, 5) is 11.8. The van der Waals surface area contributed by atoms with Crippen molar-refractivity contribution in [1.82, 2.24) is 0 Å². The molecule has 0 aromatic heterocycles. The van der Waals surface area contributed by atoms with Crippen molar-refractivity contribution in [2.45, 2.75) is 70.4 Å². The van der Waals surface area contributed by atoms with E-state index in [9.17, 15) is 4.79 Å². The van der Waals surface area contributed by atoms with E-state index in [1.807, 2.05) is 0 Å². The zero-order chi connectivity index (χ0) is 11.8. The van der Waals surface area contributed by atoms with Gasteiger partial charge < -0.3 is 10.5 Å². The molecule has 3 heteroatoms. The maximum Gasteiger partial charge on any atom is 0.326 e. The smallest absolute Gasteiger partial charge is 0.326 e. The molecule has 0 aromatic carbocycles. The average Bonchev–Trinajstić information content (AvgIpc) is 2.17. The van der Waals surface area contributed by atoms with E-state index in [1.165, 1.54) is 0 Å². The Labute approximate surface area is 97.7 Å². The number of nitrogens with two attached hydrogens (primary N) is 1. The minimum atomic E-state index is -0.646. The van der Waals surface area contributed by atoms with Gasteiger partial charge in [0, 0.05) is 0 Å². The minimum Gasteiger partial charge on any atom is -0.461 e. The highest BCUT2D eigenvalue weighted by molar-refractivity contribution is 5.81. The number of carbonyl (C=O) groups is 1. The van der Waals surface area contributed by atoms with Crippen LogP contribution >= 0.6 is 0 Å². The van der Waals surface area contributed by atoms with Crippen molar-refractivity contribution in [1.29, 1.82) is 0 Å². The Kier molecular flexibility index (Phi) is 2.99. The van der Waals surface area contributed by atoms with Crippen molar-refractivity contribution in [2.24, 2.45) is 11.1 Å². The molecule has 2 aliphatic rings. The molecule has 0 saturated heterocycles. The van der Waals surface area contributed by atoms with Crippen molar-refractivity contribution < 1.29 is 9.53 Å². The number of carbonyl (C=O) groups excluding carboxylic acids is 1. The Bertz CT molecular complexity index is 272. The van der Waals surface area contributed by atoms with E-state index >= 15 is 0 Å². The number of ether oxygens (including phenoxy) is 1. The van der Waals surface area contributed by atoms with E-state index in [2.05, 4.69) is 13.8 Å². The van der Waals surface area contributed by atoms with Gasteiger partial charge in [-0.15, -0.1) is 0 Å². The summed E-state index contributed by atoms with van der Waals surface area (Å²) in [7, 11) is 0. The molecule has 0 atom stereocenters. The maximum atomic E-state index is 11.8. The molecule has 2 saturated carbocycles. The summed E-state index contributed by atoms with van der Waals surface area (Å²) in [5.74, 6) is -0.163. The maximum absolute atomic E-state index is 11.8. The first kappa shape index (κ1) is 11.9. The molecule has 92 valence electrons. The van der Waals surface area contributed by atoms with Crippen molar-refractivity contribution in [2.75, 3.05) is 0 Å². The average molecular weight is 225 g/mol. The van der Waals surface area contributed by atoms with E-state index in [1.54, 1.807) is 0 Å². The molecular weight excluding hydrogens is 202 g/mol. The zero-order valence-electron chi connectivity index (χ0n) is 10.4. The van der Waals surface area contributed by atoms with Crippen LogP contribution in [-0.2, 0) is 9.53 Å². The molecule has 0 heterocycles. The van der Waals surface area contributed by atoms with Crippen LogP contribution in [0.1, 0.15) is 58.8 Å². The van der Waals surface area contributed by atoms with Gasteiger partial charge >= 0.3 is 5.97 Å². The largest absolute Gasteiger partial charge is 0.461 e. The van der Waals surface area contributed by atoms with Gasteiger partial charge in [-0.1, -0.05) is 13.8 Å². The van der Waals surface area contributed by atoms with Gasteiger partial charge in [0.05, 0.1) is 0 Å². The van der Waals surface area contributed by atoms with Crippen molar-refractivity contribution in [3.8, 4) is 0 Å². The van der Waals surface area contributed by atoms with Crippen LogP contribution in [0, 0.1) is 5.41 Å². The summed E-state index contributed by atoms with van der Waals surface area (Å²) in [5, 5.41) is 0. The third kappa shape index (κ3) is 2.40. The molecule has 0 amide bonds. The number of esters is 1. The van der Waals surface area contributed by atoms with Gasteiger partial charge in [-0.2, -0.15) is 0 Å². The van der Waals surface area contributed by atoms with Gasteiger partial charge in [-0.05, 0) is 50.4 Å². The summed E-state index contributed by atoms with van der Waals surface area (Å²) in [5.41, 5.74) is 5.71. The Balaban J connectivity index is 1.80. The van der Waals surface area contributed by atoms with Gasteiger partial charge in [0.25, 0.3) is 0 Å². The Hall–Kier alpha value is -0.570. The molecule has 0 radical (unpaired) electrons. The second-order valence-corrected chi connectivity index (χ2v) is 6.28. The van der Waals surface area contributed by atoms with Gasteiger partial charge in [-0.3, -0.25) is 4.79 Å². The SMILES string of the molecule is CC1(C)CCC(OC(=O)C2(N)CCC2)CC1. The van der Waals surface area contributed by atoms with Gasteiger partial charge in [0.1, 0.15) is 11.6 Å². The predicted octanol–water partition coefficient (Wildman–Crippen LogP) is 2.38. The molecule has 16 heavy (non-hydrogen) atoms. The minimum absolute atomic E-state index is 0.113. The summed E-state index contributed by atoms with van der Waals surface area (Å²) in [6.45, 7) is 4.56. The first-order valence-corrected chi connectivity index (χ1v) is 6.41. The fraction of sp³-hybridized carbons (Fsp3) is 0.923. The molecule has 3 nitrogen and oxygen atoms in total. The third-order valence-electron chi connectivity index (χ3n) is 4.21. The number of hydrogen-bond donors (Lipinski definition) is 1. The van der Waals surface area contributed by atoms with Crippen molar-refractivity contribution in [3.05, 3.63) is 0 Å². The molecule has 0 unspecified atom stereocenters. The lowest BCUT2D eigenvalue weighted by Gasteiger charge is -2.39. The van der Waals surface area contributed by atoms with Crippen molar-refractivity contribution in [3.63, 3.8) is 0 Å². The first-order valence-electron chi connectivity index (χ1n) is 6.41. The van der Waals surface area contributed by atoms with Crippen LogP contribution < -0.4 is 5.73 Å². The highest BCUT2D eigenvalue weighted by Gasteiger charge is 2.43. The molecule has 2 N–H and O–H groups in total. The van der Waals surface area contributed by atoms with Gasteiger partial charge in [0.2, 0.25) is 0 Å². The highest BCUT2D eigenvalue weighted by Crippen LogP contribution is 2.37. The van der Waals surface area contributed by atoms with Crippen LogP contribution in [0.25, 0.3) is 0 Å². The second-order valence-electron chi connectivity index (χ2n) is 6.28. The molecule has 0 aliphatic heterocycles. The van der Waals surface area contributed by atoms with Crippen LogP contribution in [0.5, 0.6) is 0 Å². The number of hydrogen-bond acceptors (Lipinski definition) is 3. The molecule has 0 spiro atoms. The molecule has 2 aliphatic carbocycles. The molecule has 0 bridgehead atoms.